The molecule has 0 aliphatic carbocycles. The second-order valence-electron chi connectivity index (χ2n) is 5.37. The Labute approximate surface area is 98.8 Å². The summed E-state index contributed by atoms with van der Waals surface area (Å²) >= 11 is 0. The minimum atomic E-state index is -0.136. The van der Waals surface area contributed by atoms with E-state index in [4.69, 9.17) is 4.74 Å². The monoisotopic (exact) mass is 227 g/mol. The lowest BCUT2D eigenvalue weighted by Gasteiger charge is -2.18. The molecule has 2 fully saturated rings. The Morgan fingerprint density at radius 1 is 1.44 bits per heavy atom. The van der Waals surface area contributed by atoms with Crippen LogP contribution in [-0.2, 0) is 4.74 Å². The Bertz CT molecular complexity index is 202. The van der Waals surface area contributed by atoms with Gasteiger partial charge < -0.3 is 14.7 Å². The van der Waals surface area contributed by atoms with Gasteiger partial charge in [0.25, 0.3) is 0 Å². The van der Waals surface area contributed by atoms with Gasteiger partial charge in [-0.05, 0) is 58.0 Å². The normalized spacial score (nSPS) is 33.4. The van der Waals surface area contributed by atoms with Crippen molar-refractivity contribution in [2.45, 2.75) is 51.2 Å². The standard InChI is InChI=1S/C13H25NO2/c1-11(15)12-6-8-14(10-12)7-2-4-13-5-3-9-16-13/h11-13,15H,2-10H2,1H3. The number of aliphatic hydroxyl groups excluding tert-OH is 1. The van der Waals surface area contributed by atoms with Crippen LogP contribution in [0.2, 0.25) is 0 Å². The first-order valence-electron chi connectivity index (χ1n) is 6.77. The molecule has 3 heteroatoms. The lowest BCUT2D eigenvalue weighted by molar-refractivity contribution is 0.0982. The number of likely N-dealkylation sites (tertiary alicyclic amines) is 1. The largest absolute Gasteiger partial charge is 0.393 e. The van der Waals surface area contributed by atoms with Gasteiger partial charge in [-0.15, -0.1) is 0 Å². The van der Waals surface area contributed by atoms with Crippen LogP contribution in [0.3, 0.4) is 0 Å². The number of nitrogens with zero attached hydrogens (tertiary/aromatic N) is 1. The highest BCUT2D eigenvalue weighted by molar-refractivity contribution is 4.79. The maximum Gasteiger partial charge on any atom is 0.0576 e. The van der Waals surface area contributed by atoms with E-state index in [1.165, 1.54) is 38.8 Å². The van der Waals surface area contributed by atoms with E-state index in [9.17, 15) is 5.11 Å². The number of hydrogen-bond donors (Lipinski definition) is 1. The molecule has 2 heterocycles. The predicted molar refractivity (Wildman–Crippen MR) is 64.4 cm³/mol. The van der Waals surface area contributed by atoms with Crippen molar-refractivity contribution in [2.24, 2.45) is 5.92 Å². The molecule has 0 bridgehead atoms. The molecule has 0 amide bonds. The summed E-state index contributed by atoms with van der Waals surface area (Å²) in [5, 5.41) is 9.52. The van der Waals surface area contributed by atoms with Gasteiger partial charge >= 0.3 is 0 Å². The molecule has 2 rings (SSSR count). The molecule has 0 aromatic rings. The van der Waals surface area contributed by atoms with Crippen molar-refractivity contribution in [3.8, 4) is 0 Å². The summed E-state index contributed by atoms with van der Waals surface area (Å²) in [6.07, 6.45) is 6.54. The molecule has 0 spiro atoms. The molecule has 3 nitrogen and oxygen atoms in total. The summed E-state index contributed by atoms with van der Waals surface area (Å²) in [4.78, 5) is 2.49. The van der Waals surface area contributed by atoms with E-state index in [2.05, 4.69) is 4.90 Å². The van der Waals surface area contributed by atoms with Crippen molar-refractivity contribution in [3.05, 3.63) is 0 Å². The quantitative estimate of drug-likeness (QED) is 0.775. The average molecular weight is 227 g/mol. The van der Waals surface area contributed by atoms with Crippen LogP contribution in [-0.4, -0.2) is 48.5 Å². The third-order valence-corrected chi connectivity index (χ3v) is 4.02. The van der Waals surface area contributed by atoms with Gasteiger partial charge in [0.2, 0.25) is 0 Å². The Morgan fingerprint density at radius 3 is 2.94 bits per heavy atom. The second-order valence-corrected chi connectivity index (χ2v) is 5.37. The van der Waals surface area contributed by atoms with Gasteiger partial charge in [0.1, 0.15) is 0 Å². The van der Waals surface area contributed by atoms with Crippen LogP contribution < -0.4 is 0 Å². The number of ether oxygens (including phenoxy) is 1. The zero-order valence-electron chi connectivity index (χ0n) is 10.4. The number of rotatable bonds is 5. The van der Waals surface area contributed by atoms with Gasteiger partial charge in [-0.3, -0.25) is 0 Å². The van der Waals surface area contributed by atoms with Gasteiger partial charge in [-0.2, -0.15) is 0 Å². The number of aliphatic hydroxyl groups is 1. The Kier molecular flexibility index (Phi) is 4.62. The molecule has 0 aromatic carbocycles. The SMILES string of the molecule is CC(O)C1CCN(CCCC2CCCO2)C1. The molecule has 0 aromatic heterocycles. The van der Waals surface area contributed by atoms with E-state index in [1.807, 2.05) is 6.92 Å². The maximum absolute atomic E-state index is 9.52. The molecule has 1 N–H and O–H groups in total. The lowest BCUT2D eigenvalue weighted by atomic mass is 10.0. The minimum absolute atomic E-state index is 0.136. The zero-order valence-corrected chi connectivity index (χ0v) is 10.4. The first kappa shape index (κ1) is 12.3. The van der Waals surface area contributed by atoms with E-state index >= 15 is 0 Å². The Balaban J connectivity index is 1.57. The predicted octanol–water partition coefficient (Wildman–Crippen LogP) is 1.65. The Morgan fingerprint density at radius 2 is 2.31 bits per heavy atom. The van der Waals surface area contributed by atoms with Crippen LogP contribution in [0.15, 0.2) is 0 Å². The summed E-state index contributed by atoms with van der Waals surface area (Å²) in [6.45, 7) is 6.33. The molecule has 0 radical (unpaired) electrons. The number of hydrogen-bond acceptors (Lipinski definition) is 3. The highest BCUT2D eigenvalue weighted by atomic mass is 16.5. The van der Waals surface area contributed by atoms with Crippen molar-refractivity contribution < 1.29 is 9.84 Å². The van der Waals surface area contributed by atoms with Crippen LogP contribution in [0.25, 0.3) is 0 Å². The second kappa shape index (κ2) is 5.99. The Hall–Kier alpha value is -0.120. The fraction of sp³-hybridized carbons (Fsp3) is 1.00. The lowest BCUT2D eigenvalue weighted by Crippen LogP contribution is -2.25. The molecule has 2 aliphatic rings. The summed E-state index contributed by atoms with van der Waals surface area (Å²) in [5.74, 6) is 0.503. The van der Waals surface area contributed by atoms with Crippen molar-refractivity contribution in [3.63, 3.8) is 0 Å². The third kappa shape index (κ3) is 3.44. The van der Waals surface area contributed by atoms with Crippen LogP contribution in [0.4, 0.5) is 0 Å². The highest BCUT2D eigenvalue weighted by Gasteiger charge is 2.25. The van der Waals surface area contributed by atoms with Crippen molar-refractivity contribution in [1.82, 2.24) is 4.90 Å². The van der Waals surface area contributed by atoms with Crippen LogP contribution >= 0.6 is 0 Å². The molecule has 2 aliphatic heterocycles. The van der Waals surface area contributed by atoms with E-state index in [0.29, 0.717) is 12.0 Å². The molecule has 0 saturated carbocycles. The maximum atomic E-state index is 9.52. The summed E-state index contributed by atoms with van der Waals surface area (Å²) in [7, 11) is 0. The van der Waals surface area contributed by atoms with E-state index < -0.39 is 0 Å². The minimum Gasteiger partial charge on any atom is -0.393 e. The first-order chi connectivity index (χ1) is 7.75. The van der Waals surface area contributed by atoms with Gasteiger partial charge in [0.15, 0.2) is 0 Å². The summed E-state index contributed by atoms with van der Waals surface area (Å²) in [6, 6.07) is 0. The third-order valence-electron chi connectivity index (χ3n) is 4.02. The molecule has 16 heavy (non-hydrogen) atoms. The van der Waals surface area contributed by atoms with Gasteiger partial charge in [-0.1, -0.05) is 0 Å². The van der Waals surface area contributed by atoms with Gasteiger partial charge in [0.05, 0.1) is 12.2 Å². The van der Waals surface area contributed by atoms with Crippen molar-refractivity contribution in [2.75, 3.05) is 26.2 Å². The summed E-state index contributed by atoms with van der Waals surface area (Å²) in [5.41, 5.74) is 0. The fourth-order valence-corrected chi connectivity index (χ4v) is 2.87. The van der Waals surface area contributed by atoms with Crippen LogP contribution in [0.1, 0.15) is 39.0 Å². The van der Waals surface area contributed by atoms with Crippen LogP contribution in [0.5, 0.6) is 0 Å². The molecule has 2 saturated heterocycles. The topological polar surface area (TPSA) is 32.7 Å². The van der Waals surface area contributed by atoms with E-state index in [-0.39, 0.29) is 6.10 Å². The highest BCUT2D eigenvalue weighted by Crippen LogP contribution is 2.21. The molecule has 3 atom stereocenters. The van der Waals surface area contributed by atoms with E-state index in [1.54, 1.807) is 0 Å². The molecular weight excluding hydrogens is 202 g/mol. The zero-order chi connectivity index (χ0) is 11.4. The average Bonchev–Trinajstić information content (AvgIpc) is 2.87. The molecule has 3 unspecified atom stereocenters. The smallest absolute Gasteiger partial charge is 0.0576 e. The molecular formula is C13H25NO2. The fourth-order valence-electron chi connectivity index (χ4n) is 2.87. The van der Waals surface area contributed by atoms with Crippen molar-refractivity contribution >= 4 is 0 Å². The van der Waals surface area contributed by atoms with Crippen LogP contribution in [0, 0.1) is 5.92 Å². The first-order valence-corrected chi connectivity index (χ1v) is 6.77. The molecule has 94 valence electrons. The summed E-state index contributed by atoms with van der Waals surface area (Å²) < 4.78 is 5.62. The van der Waals surface area contributed by atoms with Gasteiger partial charge in [-0.25, -0.2) is 0 Å². The van der Waals surface area contributed by atoms with Gasteiger partial charge in [0, 0.05) is 13.2 Å². The van der Waals surface area contributed by atoms with E-state index in [0.717, 1.165) is 19.6 Å². The van der Waals surface area contributed by atoms with Crippen molar-refractivity contribution in [1.29, 1.82) is 0 Å².